The second kappa shape index (κ2) is 5.16. The van der Waals surface area contributed by atoms with Crippen LogP contribution in [0.25, 0.3) is 0 Å². The molecular formula is C13H27N. The van der Waals surface area contributed by atoms with Crippen molar-refractivity contribution >= 4 is 0 Å². The molecule has 1 rings (SSSR count). The fraction of sp³-hybridized carbons (Fsp3) is 1.00. The lowest BCUT2D eigenvalue weighted by Gasteiger charge is -2.28. The first-order chi connectivity index (χ1) is 6.49. The van der Waals surface area contributed by atoms with Crippen LogP contribution in [0, 0.1) is 11.3 Å². The van der Waals surface area contributed by atoms with Gasteiger partial charge in [0.05, 0.1) is 0 Å². The fourth-order valence-corrected chi connectivity index (χ4v) is 2.73. The maximum atomic E-state index is 3.73. The van der Waals surface area contributed by atoms with E-state index in [0.29, 0.717) is 5.41 Å². The Labute approximate surface area is 89.7 Å². The molecule has 0 amide bonds. The molecule has 0 heterocycles. The van der Waals surface area contributed by atoms with Crippen molar-refractivity contribution in [2.24, 2.45) is 11.3 Å². The third kappa shape index (κ3) is 4.45. The van der Waals surface area contributed by atoms with E-state index in [1.165, 1.54) is 38.6 Å². The van der Waals surface area contributed by atoms with Crippen molar-refractivity contribution in [3.63, 3.8) is 0 Å². The summed E-state index contributed by atoms with van der Waals surface area (Å²) < 4.78 is 0. The minimum absolute atomic E-state index is 0.469. The first-order valence-corrected chi connectivity index (χ1v) is 6.23. The summed E-state index contributed by atoms with van der Waals surface area (Å²) in [5, 5.41) is 3.73. The third-order valence-corrected chi connectivity index (χ3v) is 3.19. The zero-order valence-corrected chi connectivity index (χ0v) is 10.4. The molecule has 0 radical (unpaired) electrons. The Balaban J connectivity index is 2.20. The summed E-state index contributed by atoms with van der Waals surface area (Å²) in [7, 11) is 0. The number of rotatable bonds is 5. The van der Waals surface area contributed by atoms with E-state index in [-0.39, 0.29) is 0 Å². The largest absolute Gasteiger partial charge is 0.313 e. The summed E-state index contributed by atoms with van der Waals surface area (Å²) in [6, 6.07) is 0.821. The molecule has 1 nitrogen and oxygen atoms in total. The summed E-state index contributed by atoms with van der Waals surface area (Å²) in [6.07, 6.45) is 6.99. The summed E-state index contributed by atoms with van der Waals surface area (Å²) >= 11 is 0. The molecule has 0 unspecified atom stereocenters. The van der Waals surface area contributed by atoms with Crippen molar-refractivity contribution in [2.75, 3.05) is 6.54 Å². The number of nitrogens with one attached hydrogen (secondary N) is 1. The van der Waals surface area contributed by atoms with E-state index in [4.69, 9.17) is 0 Å². The van der Waals surface area contributed by atoms with Gasteiger partial charge in [-0.2, -0.15) is 0 Å². The minimum Gasteiger partial charge on any atom is -0.313 e. The lowest BCUT2D eigenvalue weighted by Crippen LogP contribution is -2.36. The first kappa shape index (κ1) is 12.0. The molecular weight excluding hydrogens is 170 g/mol. The third-order valence-electron chi connectivity index (χ3n) is 3.19. The normalized spacial score (nSPS) is 19.5. The lowest BCUT2D eigenvalue weighted by molar-refractivity contribution is 0.261. The highest BCUT2D eigenvalue weighted by Crippen LogP contribution is 2.25. The zero-order chi connectivity index (χ0) is 10.6. The first-order valence-electron chi connectivity index (χ1n) is 6.23. The van der Waals surface area contributed by atoms with Crippen molar-refractivity contribution in [1.82, 2.24) is 5.32 Å². The molecule has 1 saturated carbocycles. The molecule has 1 fully saturated rings. The highest BCUT2D eigenvalue weighted by molar-refractivity contribution is 4.79. The van der Waals surface area contributed by atoms with E-state index in [1.54, 1.807) is 0 Å². The van der Waals surface area contributed by atoms with Gasteiger partial charge in [0.2, 0.25) is 0 Å². The summed E-state index contributed by atoms with van der Waals surface area (Å²) in [6.45, 7) is 10.6. The fourth-order valence-electron chi connectivity index (χ4n) is 2.73. The molecule has 0 spiro atoms. The van der Waals surface area contributed by atoms with Crippen molar-refractivity contribution in [2.45, 2.75) is 65.8 Å². The second-order valence-electron chi connectivity index (χ2n) is 6.12. The van der Waals surface area contributed by atoms with Gasteiger partial charge in [-0.3, -0.25) is 0 Å². The van der Waals surface area contributed by atoms with Gasteiger partial charge in [-0.05, 0) is 30.6 Å². The topological polar surface area (TPSA) is 12.0 Å². The molecule has 0 atom stereocenters. The maximum Gasteiger partial charge on any atom is 0.00672 e. The zero-order valence-electron chi connectivity index (χ0n) is 10.4. The van der Waals surface area contributed by atoms with Crippen LogP contribution in [0.15, 0.2) is 0 Å². The van der Waals surface area contributed by atoms with Gasteiger partial charge in [-0.1, -0.05) is 40.5 Å². The Morgan fingerprint density at radius 3 is 2.29 bits per heavy atom. The minimum atomic E-state index is 0.469. The van der Waals surface area contributed by atoms with Crippen molar-refractivity contribution < 1.29 is 0 Å². The molecule has 1 N–H and O–H groups in total. The van der Waals surface area contributed by atoms with E-state index in [9.17, 15) is 0 Å². The maximum absolute atomic E-state index is 3.73. The smallest absolute Gasteiger partial charge is 0.00672 e. The van der Waals surface area contributed by atoms with Crippen LogP contribution in [0.5, 0.6) is 0 Å². The Hall–Kier alpha value is -0.0400. The van der Waals surface area contributed by atoms with Crippen molar-refractivity contribution in [3.8, 4) is 0 Å². The van der Waals surface area contributed by atoms with E-state index in [0.717, 1.165) is 12.0 Å². The van der Waals surface area contributed by atoms with E-state index < -0.39 is 0 Å². The molecule has 0 aliphatic heterocycles. The van der Waals surface area contributed by atoms with Crippen LogP contribution in [0.4, 0.5) is 0 Å². The predicted molar refractivity (Wildman–Crippen MR) is 63.5 cm³/mol. The molecule has 0 aromatic heterocycles. The molecule has 1 heteroatoms. The van der Waals surface area contributed by atoms with Gasteiger partial charge in [0.25, 0.3) is 0 Å². The van der Waals surface area contributed by atoms with E-state index in [1.807, 2.05) is 0 Å². The van der Waals surface area contributed by atoms with Gasteiger partial charge in [-0.25, -0.2) is 0 Å². The van der Waals surface area contributed by atoms with E-state index in [2.05, 4.69) is 33.0 Å². The van der Waals surface area contributed by atoms with Gasteiger partial charge in [0, 0.05) is 12.6 Å². The van der Waals surface area contributed by atoms with Gasteiger partial charge in [0.15, 0.2) is 0 Å². The number of hydrogen-bond acceptors (Lipinski definition) is 1. The van der Waals surface area contributed by atoms with Crippen LogP contribution in [0.3, 0.4) is 0 Å². The molecule has 1 aliphatic carbocycles. The lowest BCUT2D eigenvalue weighted by atomic mass is 9.84. The molecule has 84 valence electrons. The average Bonchev–Trinajstić information content (AvgIpc) is 2.50. The Kier molecular flexibility index (Phi) is 4.43. The molecule has 14 heavy (non-hydrogen) atoms. The highest BCUT2D eigenvalue weighted by atomic mass is 14.9. The van der Waals surface area contributed by atoms with Crippen LogP contribution in [-0.2, 0) is 0 Å². The molecule has 0 bridgehead atoms. The van der Waals surface area contributed by atoms with Gasteiger partial charge < -0.3 is 5.32 Å². The quantitative estimate of drug-likeness (QED) is 0.710. The van der Waals surface area contributed by atoms with Crippen molar-refractivity contribution in [3.05, 3.63) is 0 Å². The second-order valence-corrected chi connectivity index (χ2v) is 6.12. The highest BCUT2D eigenvalue weighted by Gasteiger charge is 2.22. The summed E-state index contributed by atoms with van der Waals surface area (Å²) in [4.78, 5) is 0. The number of hydrogen-bond donors (Lipinski definition) is 1. The Bertz CT molecular complexity index is 155. The Morgan fingerprint density at radius 1 is 1.21 bits per heavy atom. The molecule has 1 aliphatic rings. The average molecular weight is 197 g/mol. The van der Waals surface area contributed by atoms with Crippen LogP contribution >= 0.6 is 0 Å². The monoisotopic (exact) mass is 197 g/mol. The standard InChI is InChI=1S/C13H27N/c1-11(2)9-13(3,4)10-14-12-7-5-6-8-12/h11-12,14H,5-10H2,1-4H3. The summed E-state index contributed by atoms with van der Waals surface area (Å²) in [5.74, 6) is 0.815. The predicted octanol–water partition coefficient (Wildman–Crippen LogP) is 3.59. The van der Waals surface area contributed by atoms with Crippen LogP contribution in [0.1, 0.15) is 59.8 Å². The van der Waals surface area contributed by atoms with E-state index >= 15 is 0 Å². The van der Waals surface area contributed by atoms with Gasteiger partial charge in [0.1, 0.15) is 0 Å². The van der Waals surface area contributed by atoms with Gasteiger partial charge >= 0.3 is 0 Å². The van der Waals surface area contributed by atoms with Crippen LogP contribution in [-0.4, -0.2) is 12.6 Å². The summed E-state index contributed by atoms with van der Waals surface area (Å²) in [5.41, 5.74) is 0.469. The molecule has 0 aromatic carbocycles. The molecule has 0 saturated heterocycles. The molecule has 0 aromatic rings. The van der Waals surface area contributed by atoms with Crippen LogP contribution < -0.4 is 5.32 Å². The van der Waals surface area contributed by atoms with Gasteiger partial charge in [-0.15, -0.1) is 0 Å². The Morgan fingerprint density at radius 2 is 1.79 bits per heavy atom. The van der Waals surface area contributed by atoms with Crippen molar-refractivity contribution in [1.29, 1.82) is 0 Å². The SMILES string of the molecule is CC(C)CC(C)(C)CNC1CCCC1. The van der Waals surface area contributed by atoms with Crippen LogP contribution in [0.2, 0.25) is 0 Å².